The maximum absolute atomic E-state index is 12.0. The minimum Gasteiger partial charge on any atom is -0.484 e. The van der Waals surface area contributed by atoms with Crippen LogP contribution in [0.5, 0.6) is 5.75 Å². The lowest BCUT2D eigenvalue weighted by Gasteiger charge is -2.17. The summed E-state index contributed by atoms with van der Waals surface area (Å²) in [7, 11) is 1.55. The molecular weight excluding hydrogens is 312 g/mol. The second-order valence-electron chi connectivity index (χ2n) is 5.83. The van der Waals surface area contributed by atoms with E-state index in [-0.39, 0.29) is 31.0 Å². The highest BCUT2D eigenvalue weighted by atomic mass is 16.5. The second-order valence-corrected chi connectivity index (χ2v) is 5.83. The quantitative estimate of drug-likeness (QED) is 0.795. The fraction of sp³-hybridized carbons (Fsp3) is 0.353. The van der Waals surface area contributed by atoms with Crippen LogP contribution in [0.1, 0.15) is 12.8 Å². The number of hydrogen-bond donors (Lipinski definition) is 1. The lowest BCUT2D eigenvalue weighted by molar-refractivity contribution is -0.136. The number of benzene rings is 1. The summed E-state index contributed by atoms with van der Waals surface area (Å²) in [6.45, 7) is -0.193. The van der Waals surface area contributed by atoms with Crippen LogP contribution < -0.4 is 15.7 Å². The number of likely N-dealkylation sites (N-methyl/N-ethyl adjacent to an activating group) is 1. The molecule has 1 aliphatic rings. The average Bonchev–Trinajstić information content (AvgIpc) is 3.35. The summed E-state index contributed by atoms with van der Waals surface area (Å²) in [6.07, 6.45) is 2.01. The molecule has 0 bridgehead atoms. The molecule has 1 aromatic heterocycles. The Morgan fingerprint density at radius 1 is 1.29 bits per heavy atom. The van der Waals surface area contributed by atoms with Crippen LogP contribution in [-0.4, -0.2) is 43.0 Å². The first-order valence-corrected chi connectivity index (χ1v) is 7.71. The Morgan fingerprint density at radius 3 is 2.79 bits per heavy atom. The Hall–Kier alpha value is -2.83. The van der Waals surface area contributed by atoms with Crippen LogP contribution in [0.25, 0.3) is 11.0 Å². The highest BCUT2D eigenvalue weighted by molar-refractivity contribution is 5.85. The van der Waals surface area contributed by atoms with Crippen LogP contribution in [0.2, 0.25) is 0 Å². The Kier molecular flexibility index (Phi) is 4.50. The number of nitrogens with one attached hydrogen (secondary N) is 1. The van der Waals surface area contributed by atoms with Gasteiger partial charge in [0.2, 0.25) is 5.91 Å². The molecular formula is C17H18N2O5. The molecule has 3 rings (SSSR count). The molecule has 0 saturated heterocycles. The fourth-order valence-corrected chi connectivity index (χ4v) is 2.19. The highest BCUT2D eigenvalue weighted by Gasteiger charge is 2.24. The topological polar surface area (TPSA) is 88.9 Å². The predicted molar refractivity (Wildman–Crippen MR) is 86.8 cm³/mol. The second kappa shape index (κ2) is 6.74. The van der Waals surface area contributed by atoms with Crippen molar-refractivity contribution in [2.24, 2.45) is 0 Å². The van der Waals surface area contributed by atoms with E-state index in [0.29, 0.717) is 11.3 Å². The number of rotatable bonds is 6. The van der Waals surface area contributed by atoms with Crippen molar-refractivity contribution in [2.75, 3.05) is 20.2 Å². The molecule has 1 saturated carbocycles. The number of fused-ring (bicyclic) bond motifs is 1. The van der Waals surface area contributed by atoms with Crippen molar-refractivity contribution < 1.29 is 18.7 Å². The van der Waals surface area contributed by atoms with Crippen molar-refractivity contribution in [1.29, 1.82) is 0 Å². The maximum Gasteiger partial charge on any atom is 0.336 e. The van der Waals surface area contributed by atoms with Gasteiger partial charge in [-0.15, -0.1) is 0 Å². The number of carbonyl (C=O) groups excluding carboxylic acids is 2. The van der Waals surface area contributed by atoms with Gasteiger partial charge < -0.3 is 19.4 Å². The summed E-state index contributed by atoms with van der Waals surface area (Å²) in [5, 5.41) is 3.59. The van der Waals surface area contributed by atoms with Crippen molar-refractivity contribution >= 4 is 22.8 Å². The lowest BCUT2D eigenvalue weighted by atomic mass is 10.2. The van der Waals surface area contributed by atoms with Crippen LogP contribution in [0.3, 0.4) is 0 Å². The first-order chi connectivity index (χ1) is 11.5. The zero-order valence-corrected chi connectivity index (χ0v) is 13.3. The van der Waals surface area contributed by atoms with Crippen LogP contribution in [-0.2, 0) is 9.59 Å². The summed E-state index contributed by atoms with van der Waals surface area (Å²) in [5.74, 6) is -0.0579. The monoisotopic (exact) mass is 330 g/mol. The van der Waals surface area contributed by atoms with Crippen LogP contribution in [0, 0.1) is 0 Å². The van der Waals surface area contributed by atoms with Crippen molar-refractivity contribution in [3.8, 4) is 5.75 Å². The van der Waals surface area contributed by atoms with E-state index in [9.17, 15) is 14.4 Å². The Labute approximate surface area is 138 Å². The fourth-order valence-electron chi connectivity index (χ4n) is 2.19. The molecule has 0 radical (unpaired) electrons. The summed E-state index contributed by atoms with van der Waals surface area (Å²) in [5.41, 5.74) is -0.0539. The summed E-state index contributed by atoms with van der Waals surface area (Å²) >= 11 is 0. The SMILES string of the molecule is CN(CC(=O)NC1CC1)C(=O)COc1ccc2ccc(=O)oc2c1. The molecule has 0 spiro atoms. The summed E-state index contributed by atoms with van der Waals surface area (Å²) < 4.78 is 10.5. The van der Waals surface area contributed by atoms with Crippen LogP contribution in [0.15, 0.2) is 39.5 Å². The zero-order chi connectivity index (χ0) is 17.1. The average molecular weight is 330 g/mol. The zero-order valence-electron chi connectivity index (χ0n) is 13.3. The van der Waals surface area contributed by atoms with Crippen molar-refractivity contribution in [2.45, 2.75) is 18.9 Å². The molecule has 0 atom stereocenters. The van der Waals surface area contributed by atoms with Gasteiger partial charge in [-0.3, -0.25) is 9.59 Å². The van der Waals surface area contributed by atoms with Gasteiger partial charge in [0.05, 0.1) is 6.54 Å². The first-order valence-electron chi connectivity index (χ1n) is 7.71. The largest absolute Gasteiger partial charge is 0.484 e. The number of carbonyl (C=O) groups is 2. The normalized spacial score (nSPS) is 13.5. The van der Waals surface area contributed by atoms with E-state index in [2.05, 4.69) is 5.32 Å². The molecule has 7 heteroatoms. The van der Waals surface area contributed by atoms with Gasteiger partial charge in [-0.25, -0.2) is 4.79 Å². The lowest BCUT2D eigenvalue weighted by Crippen LogP contribution is -2.40. The third-order valence-corrected chi connectivity index (χ3v) is 3.71. The van der Waals surface area contributed by atoms with Gasteiger partial charge in [0.15, 0.2) is 6.61 Å². The van der Waals surface area contributed by atoms with Gasteiger partial charge in [0.1, 0.15) is 11.3 Å². The molecule has 1 N–H and O–H groups in total. The molecule has 7 nitrogen and oxygen atoms in total. The van der Waals surface area contributed by atoms with E-state index in [4.69, 9.17) is 9.15 Å². The van der Waals surface area contributed by atoms with Crippen molar-refractivity contribution in [1.82, 2.24) is 10.2 Å². The standard InChI is InChI=1S/C17H18N2O5/c1-19(9-15(20)18-12-4-5-12)16(21)10-23-13-6-2-11-3-7-17(22)24-14(11)8-13/h2-3,6-8,12H,4-5,9-10H2,1H3,(H,18,20). The molecule has 1 aromatic carbocycles. The van der Waals surface area contributed by atoms with Crippen LogP contribution in [0.4, 0.5) is 0 Å². The molecule has 1 aliphatic carbocycles. The third-order valence-electron chi connectivity index (χ3n) is 3.71. The maximum atomic E-state index is 12.0. The number of hydrogen-bond acceptors (Lipinski definition) is 5. The summed E-state index contributed by atoms with van der Waals surface area (Å²) in [4.78, 5) is 36.2. The van der Waals surface area contributed by atoms with Gasteiger partial charge in [-0.05, 0) is 31.0 Å². The summed E-state index contributed by atoms with van der Waals surface area (Å²) in [6, 6.07) is 8.25. The minimum absolute atomic E-state index is 0.00525. The van der Waals surface area contributed by atoms with E-state index >= 15 is 0 Å². The van der Waals surface area contributed by atoms with Gasteiger partial charge in [-0.1, -0.05) is 0 Å². The number of amides is 2. The van der Waals surface area contributed by atoms with Crippen molar-refractivity contribution in [3.63, 3.8) is 0 Å². The highest BCUT2D eigenvalue weighted by Crippen LogP contribution is 2.19. The van der Waals surface area contributed by atoms with E-state index in [1.165, 1.54) is 11.0 Å². The van der Waals surface area contributed by atoms with E-state index in [1.54, 1.807) is 31.3 Å². The minimum atomic E-state index is -0.447. The van der Waals surface area contributed by atoms with Gasteiger partial charge in [0.25, 0.3) is 5.91 Å². The molecule has 2 aromatic rings. The molecule has 1 fully saturated rings. The molecule has 0 aliphatic heterocycles. The molecule has 2 amide bonds. The number of nitrogens with zero attached hydrogens (tertiary/aromatic N) is 1. The Morgan fingerprint density at radius 2 is 2.04 bits per heavy atom. The van der Waals surface area contributed by atoms with E-state index in [0.717, 1.165) is 18.2 Å². The third kappa shape index (κ3) is 4.13. The Balaban J connectivity index is 1.55. The van der Waals surface area contributed by atoms with E-state index in [1.807, 2.05) is 0 Å². The van der Waals surface area contributed by atoms with Gasteiger partial charge >= 0.3 is 5.63 Å². The molecule has 1 heterocycles. The Bertz CT molecular complexity index is 825. The molecule has 24 heavy (non-hydrogen) atoms. The predicted octanol–water partition coefficient (Wildman–Crippen LogP) is 0.909. The van der Waals surface area contributed by atoms with Gasteiger partial charge in [-0.2, -0.15) is 0 Å². The molecule has 0 unspecified atom stereocenters. The number of ether oxygens (including phenoxy) is 1. The molecule has 126 valence electrons. The first kappa shape index (κ1) is 16.0. The van der Waals surface area contributed by atoms with Crippen molar-refractivity contribution in [3.05, 3.63) is 40.8 Å². The van der Waals surface area contributed by atoms with Crippen LogP contribution >= 0.6 is 0 Å². The van der Waals surface area contributed by atoms with Gasteiger partial charge in [0, 0.05) is 30.6 Å². The smallest absolute Gasteiger partial charge is 0.336 e. The van der Waals surface area contributed by atoms with E-state index < -0.39 is 5.63 Å².